The van der Waals surface area contributed by atoms with Gasteiger partial charge in [0.1, 0.15) is 17.1 Å². The van der Waals surface area contributed by atoms with Crippen LogP contribution in [0.2, 0.25) is 0 Å². The molecule has 1 aromatic carbocycles. The third-order valence-corrected chi connectivity index (χ3v) is 4.78. The average Bonchev–Trinajstić information content (AvgIpc) is 2.76. The van der Waals surface area contributed by atoms with Crippen molar-refractivity contribution < 1.29 is 23.8 Å². The van der Waals surface area contributed by atoms with Gasteiger partial charge in [0.2, 0.25) is 0 Å². The van der Waals surface area contributed by atoms with E-state index < -0.39 is 11.6 Å². The van der Waals surface area contributed by atoms with Crippen molar-refractivity contribution in [3.05, 3.63) is 47.0 Å². The minimum Gasteiger partial charge on any atom is -0.498 e. The van der Waals surface area contributed by atoms with Crippen LogP contribution in [0.5, 0.6) is 0 Å². The summed E-state index contributed by atoms with van der Waals surface area (Å²) in [5.74, 6) is 0.00637. The van der Waals surface area contributed by atoms with Gasteiger partial charge in [-0.05, 0) is 24.6 Å². The molecule has 128 valence electrons. The molecule has 3 rings (SSSR count). The highest BCUT2D eigenvalue weighted by Gasteiger charge is 2.55. The van der Waals surface area contributed by atoms with Crippen LogP contribution < -0.4 is 0 Å². The van der Waals surface area contributed by atoms with E-state index in [1.54, 1.807) is 24.0 Å². The zero-order valence-electron chi connectivity index (χ0n) is 13.6. The Morgan fingerprint density at radius 1 is 1.33 bits per heavy atom. The zero-order chi connectivity index (χ0) is 17.5. The van der Waals surface area contributed by atoms with Crippen LogP contribution >= 0.6 is 0 Å². The van der Waals surface area contributed by atoms with Gasteiger partial charge in [-0.15, -0.1) is 0 Å². The molecular weight excluding hydrogens is 315 g/mol. The number of amides is 2. The van der Waals surface area contributed by atoms with E-state index in [4.69, 9.17) is 4.74 Å². The Balaban J connectivity index is 2.05. The largest absolute Gasteiger partial charge is 0.498 e. The second kappa shape index (κ2) is 5.81. The van der Waals surface area contributed by atoms with Crippen molar-refractivity contribution in [1.29, 1.82) is 0 Å². The van der Waals surface area contributed by atoms with E-state index in [2.05, 4.69) is 0 Å². The molecule has 0 saturated carbocycles. The SMILES string of the molecule is COC1=C(C)C(=O)N2CCN(C(=O)O)CC12Cc1ccc(F)cc1. The second-order valence-electron chi connectivity index (χ2n) is 6.15. The van der Waals surface area contributed by atoms with Crippen LogP contribution in [0.15, 0.2) is 35.6 Å². The monoisotopic (exact) mass is 334 g/mol. The number of rotatable bonds is 3. The molecule has 1 saturated heterocycles. The molecule has 2 aliphatic rings. The summed E-state index contributed by atoms with van der Waals surface area (Å²) >= 11 is 0. The molecule has 24 heavy (non-hydrogen) atoms. The van der Waals surface area contributed by atoms with E-state index in [1.165, 1.54) is 24.1 Å². The number of hydrogen-bond donors (Lipinski definition) is 1. The van der Waals surface area contributed by atoms with Gasteiger partial charge in [0.15, 0.2) is 0 Å². The Bertz CT molecular complexity index is 716. The topological polar surface area (TPSA) is 70.1 Å². The van der Waals surface area contributed by atoms with Gasteiger partial charge in [-0.3, -0.25) is 4.79 Å². The fraction of sp³-hybridized carbons (Fsp3) is 0.412. The summed E-state index contributed by atoms with van der Waals surface area (Å²) in [5, 5.41) is 9.38. The quantitative estimate of drug-likeness (QED) is 0.916. The Morgan fingerprint density at radius 3 is 2.58 bits per heavy atom. The predicted octanol–water partition coefficient (Wildman–Crippen LogP) is 1.86. The standard InChI is InChI=1S/C17H19FN2O4/c1-11-14(24-2)17(9-12-3-5-13(18)6-4-12)10-19(16(22)23)7-8-20(17)15(11)21/h3-6H,7-10H2,1-2H3,(H,22,23). The molecule has 1 unspecified atom stereocenters. The van der Waals surface area contributed by atoms with Crippen molar-refractivity contribution in [1.82, 2.24) is 9.80 Å². The van der Waals surface area contributed by atoms with Crippen LogP contribution in [0.25, 0.3) is 0 Å². The first kappa shape index (κ1) is 16.3. The first-order valence-corrected chi connectivity index (χ1v) is 7.68. The molecule has 2 aliphatic heterocycles. The van der Waals surface area contributed by atoms with Crippen LogP contribution in [0, 0.1) is 5.82 Å². The first-order chi connectivity index (χ1) is 11.4. The van der Waals surface area contributed by atoms with Crippen molar-refractivity contribution in [2.45, 2.75) is 18.9 Å². The summed E-state index contributed by atoms with van der Waals surface area (Å²) in [6, 6.07) is 6.00. The fourth-order valence-corrected chi connectivity index (χ4v) is 3.73. The van der Waals surface area contributed by atoms with E-state index in [9.17, 15) is 19.1 Å². The highest BCUT2D eigenvalue weighted by molar-refractivity contribution is 5.98. The number of halogens is 1. The Labute approximate surface area is 139 Å². The number of fused-ring (bicyclic) bond motifs is 1. The summed E-state index contributed by atoms with van der Waals surface area (Å²) in [7, 11) is 1.49. The van der Waals surface area contributed by atoms with Crippen LogP contribution in [0.3, 0.4) is 0 Å². The van der Waals surface area contributed by atoms with E-state index in [0.717, 1.165) is 5.56 Å². The molecule has 1 aromatic rings. The highest BCUT2D eigenvalue weighted by atomic mass is 19.1. The van der Waals surface area contributed by atoms with Crippen LogP contribution in [0.1, 0.15) is 12.5 Å². The third kappa shape index (κ3) is 2.40. The molecule has 0 aliphatic carbocycles. The van der Waals surface area contributed by atoms with Gasteiger partial charge in [0.05, 0.1) is 19.2 Å². The summed E-state index contributed by atoms with van der Waals surface area (Å²) < 4.78 is 18.7. The smallest absolute Gasteiger partial charge is 0.407 e. The van der Waals surface area contributed by atoms with E-state index in [0.29, 0.717) is 24.3 Å². The molecule has 0 spiro atoms. The second-order valence-corrected chi connectivity index (χ2v) is 6.15. The number of benzene rings is 1. The normalized spacial score (nSPS) is 23.5. The summed E-state index contributed by atoms with van der Waals surface area (Å²) in [6.07, 6.45) is -0.663. The zero-order valence-corrected chi connectivity index (χ0v) is 13.6. The molecule has 2 amide bonds. The average molecular weight is 334 g/mol. The fourth-order valence-electron chi connectivity index (χ4n) is 3.73. The predicted molar refractivity (Wildman–Crippen MR) is 83.9 cm³/mol. The van der Waals surface area contributed by atoms with Crippen LogP contribution in [0.4, 0.5) is 9.18 Å². The van der Waals surface area contributed by atoms with Crippen molar-refractivity contribution in [3.8, 4) is 0 Å². The van der Waals surface area contributed by atoms with Gasteiger partial charge in [-0.1, -0.05) is 12.1 Å². The number of carbonyl (C=O) groups is 2. The number of hydrogen-bond acceptors (Lipinski definition) is 3. The Hall–Kier alpha value is -2.57. The third-order valence-electron chi connectivity index (χ3n) is 4.78. The van der Waals surface area contributed by atoms with Gasteiger partial charge in [0.25, 0.3) is 5.91 Å². The molecule has 1 N–H and O–H groups in total. The summed E-state index contributed by atoms with van der Waals surface area (Å²) in [4.78, 5) is 27.0. The number of methoxy groups -OCH3 is 1. The molecule has 6 nitrogen and oxygen atoms in total. The molecule has 1 fully saturated rings. The maximum absolute atomic E-state index is 13.2. The first-order valence-electron chi connectivity index (χ1n) is 7.68. The van der Waals surface area contributed by atoms with Crippen LogP contribution in [-0.2, 0) is 16.0 Å². The van der Waals surface area contributed by atoms with Crippen LogP contribution in [-0.4, -0.2) is 59.2 Å². The number of nitrogens with zero attached hydrogens (tertiary/aromatic N) is 2. The van der Waals surface area contributed by atoms with Crippen molar-refractivity contribution in [2.24, 2.45) is 0 Å². The highest BCUT2D eigenvalue weighted by Crippen LogP contribution is 2.41. The number of piperazine rings is 1. The van der Waals surface area contributed by atoms with Crippen molar-refractivity contribution >= 4 is 12.0 Å². The lowest BCUT2D eigenvalue weighted by Crippen LogP contribution is -2.64. The summed E-state index contributed by atoms with van der Waals surface area (Å²) in [5.41, 5.74) is 0.419. The van der Waals surface area contributed by atoms with E-state index in [1.807, 2.05) is 0 Å². The lowest BCUT2D eigenvalue weighted by Gasteiger charge is -2.47. The Kier molecular flexibility index (Phi) is 3.95. The molecular formula is C17H19FN2O4. The molecule has 0 bridgehead atoms. The number of carboxylic acid groups (broad SMARTS) is 1. The number of ether oxygens (including phenoxy) is 1. The van der Waals surface area contributed by atoms with Crippen molar-refractivity contribution in [3.63, 3.8) is 0 Å². The molecule has 2 heterocycles. The van der Waals surface area contributed by atoms with Gasteiger partial charge < -0.3 is 19.6 Å². The molecule has 0 aromatic heterocycles. The minimum atomic E-state index is -1.03. The van der Waals surface area contributed by atoms with Gasteiger partial charge in [-0.2, -0.15) is 0 Å². The maximum atomic E-state index is 13.2. The lowest BCUT2D eigenvalue weighted by molar-refractivity contribution is -0.133. The van der Waals surface area contributed by atoms with E-state index >= 15 is 0 Å². The van der Waals surface area contributed by atoms with E-state index in [-0.39, 0.29) is 24.8 Å². The molecule has 1 atom stereocenters. The van der Waals surface area contributed by atoms with Gasteiger partial charge in [-0.25, -0.2) is 9.18 Å². The minimum absolute atomic E-state index is 0.131. The number of carbonyl (C=O) groups excluding carboxylic acids is 1. The maximum Gasteiger partial charge on any atom is 0.407 e. The van der Waals surface area contributed by atoms with Crippen molar-refractivity contribution in [2.75, 3.05) is 26.7 Å². The molecule has 0 radical (unpaired) electrons. The summed E-state index contributed by atoms with van der Waals surface area (Å²) in [6.45, 7) is 2.38. The Morgan fingerprint density at radius 2 is 2.00 bits per heavy atom. The van der Waals surface area contributed by atoms with Gasteiger partial charge in [0, 0.05) is 19.5 Å². The molecule has 7 heteroatoms. The van der Waals surface area contributed by atoms with Gasteiger partial charge >= 0.3 is 6.09 Å². The lowest BCUT2D eigenvalue weighted by atomic mass is 9.86.